The summed E-state index contributed by atoms with van der Waals surface area (Å²) in [6.07, 6.45) is 1.89. The van der Waals surface area contributed by atoms with Crippen LogP contribution in [0.3, 0.4) is 0 Å². The van der Waals surface area contributed by atoms with Gasteiger partial charge in [0.1, 0.15) is 5.75 Å². The zero-order valence-corrected chi connectivity index (χ0v) is 15.6. The number of thiophene rings is 1. The fraction of sp³-hybridized carbons (Fsp3) is 0.333. The lowest BCUT2D eigenvalue weighted by molar-refractivity contribution is -0.117. The number of aryl methyl sites for hydroxylation is 1. The number of carbonyl (C=O) groups excluding carboxylic acids is 2. The van der Waals surface area contributed by atoms with Gasteiger partial charge in [-0.3, -0.25) is 9.59 Å². The summed E-state index contributed by atoms with van der Waals surface area (Å²) in [7, 11) is 0. The van der Waals surface area contributed by atoms with Crippen LogP contribution in [0.25, 0.3) is 0 Å². The van der Waals surface area contributed by atoms with E-state index in [1.807, 2.05) is 19.9 Å². The molecule has 0 radical (unpaired) electrons. The molecule has 0 aliphatic heterocycles. The highest BCUT2D eigenvalue weighted by molar-refractivity contribution is 7.18. The van der Waals surface area contributed by atoms with Crippen molar-refractivity contribution in [1.29, 1.82) is 0 Å². The summed E-state index contributed by atoms with van der Waals surface area (Å²) < 4.78 is 5.38. The maximum absolute atomic E-state index is 12.5. The number of anilines is 2. The van der Waals surface area contributed by atoms with Crippen LogP contribution >= 0.6 is 22.9 Å². The van der Waals surface area contributed by atoms with Gasteiger partial charge in [-0.05, 0) is 56.5 Å². The van der Waals surface area contributed by atoms with E-state index in [1.54, 1.807) is 18.2 Å². The number of rotatable bonds is 6. The average molecular weight is 379 g/mol. The van der Waals surface area contributed by atoms with Gasteiger partial charge in [-0.25, -0.2) is 0 Å². The molecule has 1 aliphatic rings. The van der Waals surface area contributed by atoms with Crippen LogP contribution in [0, 0.1) is 12.8 Å². The average Bonchev–Trinajstić information content (AvgIpc) is 3.34. The van der Waals surface area contributed by atoms with E-state index in [9.17, 15) is 9.59 Å². The van der Waals surface area contributed by atoms with Crippen LogP contribution in [0.4, 0.5) is 10.7 Å². The van der Waals surface area contributed by atoms with E-state index < -0.39 is 0 Å². The maximum Gasteiger partial charge on any atom is 0.266 e. The molecule has 1 aliphatic carbocycles. The van der Waals surface area contributed by atoms with Gasteiger partial charge in [0.15, 0.2) is 0 Å². The standard InChI is InChI=1S/C18H19ClN2O3S/c1-3-24-14-7-6-12(9-13(14)19)20-18(23)16-10(2)8-15(25-16)21-17(22)11-4-5-11/h6-9,11H,3-5H2,1-2H3,(H,20,23)(H,21,22). The molecule has 0 saturated heterocycles. The van der Waals surface area contributed by atoms with Crippen LogP contribution in [-0.2, 0) is 4.79 Å². The molecule has 0 atom stereocenters. The molecule has 1 saturated carbocycles. The van der Waals surface area contributed by atoms with Crippen LogP contribution in [0.1, 0.15) is 35.0 Å². The Balaban J connectivity index is 1.69. The molecule has 5 nitrogen and oxygen atoms in total. The molecule has 0 spiro atoms. The van der Waals surface area contributed by atoms with Gasteiger partial charge >= 0.3 is 0 Å². The van der Waals surface area contributed by atoms with Gasteiger partial charge < -0.3 is 15.4 Å². The molecule has 132 valence electrons. The Bertz CT molecular complexity index is 815. The number of benzene rings is 1. The summed E-state index contributed by atoms with van der Waals surface area (Å²) >= 11 is 7.42. The Morgan fingerprint density at radius 3 is 2.68 bits per heavy atom. The first-order valence-electron chi connectivity index (χ1n) is 8.13. The molecule has 0 unspecified atom stereocenters. The molecular weight excluding hydrogens is 360 g/mol. The Hall–Kier alpha value is -2.05. The highest BCUT2D eigenvalue weighted by atomic mass is 35.5. The lowest BCUT2D eigenvalue weighted by atomic mass is 10.2. The largest absolute Gasteiger partial charge is 0.492 e. The topological polar surface area (TPSA) is 67.4 Å². The van der Waals surface area contributed by atoms with Crippen LogP contribution in [0.5, 0.6) is 5.75 Å². The quantitative estimate of drug-likeness (QED) is 0.764. The van der Waals surface area contributed by atoms with Crippen molar-refractivity contribution >= 4 is 45.4 Å². The molecule has 0 bridgehead atoms. The third-order valence-electron chi connectivity index (χ3n) is 3.81. The van der Waals surface area contributed by atoms with Gasteiger partial charge in [0, 0.05) is 11.6 Å². The Kier molecular flexibility index (Phi) is 5.30. The van der Waals surface area contributed by atoms with E-state index in [2.05, 4.69) is 10.6 Å². The summed E-state index contributed by atoms with van der Waals surface area (Å²) in [5.41, 5.74) is 1.42. The SMILES string of the molecule is CCOc1ccc(NC(=O)c2sc(NC(=O)C3CC3)cc2C)cc1Cl. The number of carbonyl (C=O) groups is 2. The van der Waals surface area contributed by atoms with Crippen molar-refractivity contribution < 1.29 is 14.3 Å². The second-order valence-electron chi connectivity index (χ2n) is 5.92. The van der Waals surface area contributed by atoms with Crippen LogP contribution in [0.2, 0.25) is 5.02 Å². The summed E-state index contributed by atoms with van der Waals surface area (Å²) in [6, 6.07) is 6.95. The minimum absolute atomic E-state index is 0.0338. The van der Waals surface area contributed by atoms with Crippen molar-refractivity contribution in [2.45, 2.75) is 26.7 Å². The smallest absolute Gasteiger partial charge is 0.266 e. The molecule has 2 aromatic rings. The Morgan fingerprint density at radius 2 is 2.04 bits per heavy atom. The molecule has 1 aromatic heterocycles. The predicted molar refractivity (Wildman–Crippen MR) is 101 cm³/mol. The molecule has 7 heteroatoms. The van der Waals surface area contributed by atoms with Crippen LogP contribution in [-0.4, -0.2) is 18.4 Å². The number of hydrogen-bond acceptors (Lipinski definition) is 4. The van der Waals surface area contributed by atoms with Crippen molar-refractivity contribution in [3.05, 3.63) is 39.7 Å². The summed E-state index contributed by atoms with van der Waals surface area (Å²) in [5, 5.41) is 6.85. The fourth-order valence-electron chi connectivity index (χ4n) is 2.38. The van der Waals surface area contributed by atoms with Crippen molar-refractivity contribution in [3.8, 4) is 5.75 Å². The summed E-state index contributed by atoms with van der Waals surface area (Å²) in [4.78, 5) is 24.9. The number of nitrogens with one attached hydrogen (secondary N) is 2. The van der Waals surface area contributed by atoms with E-state index in [0.717, 1.165) is 18.4 Å². The van der Waals surface area contributed by atoms with E-state index in [1.165, 1.54) is 11.3 Å². The van der Waals surface area contributed by atoms with Gasteiger partial charge in [-0.15, -0.1) is 11.3 Å². The Morgan fingerprint density at radius 1 is 1.28 bits per heavy atom. The van der Waals surface area contributed by atoms with E-state index >= 15 is 0 Å². The second kappa shape index (κ2) is 7.45. The van der Waals surface area contributed by atoms with Crippen molar-refractivity contribution in [1.82, 2.24) is 0 Å². The number of ether oxygens (including phenoxy) is 1. The lowest BCUT2D eigenvalue weighted by Gasteiger charge is -2.09. The normalized spacial score (nSPS) is 13.4. The first-order valence-corrected chi connectivity index (χ1v) is 9.32. The molecule has 3 rings (SSSR count). The van der Waals surface area contributed by atoms with Gasteiger partial charge in [0.05, 0.1) is 21.5 Å². The van der Waals surface area contributed by atoms with Gasteiger partial charge in [0.25, 0.3) is 5.91 Å². The zero-order chi connectivity index (χ0) is 18.0. The highest BCUT2D eigenvalue weighted by Crippen LogP contribution is 2.33. The fourth-order valence-corrected chi connectivity index (χ4v) is 3.58. The monoisotopic (exact) mass is 378 g/mol. The highest BCUT2D eigenvalue weighted by Gasteiger charge is 2.30. The molecule has 25 heavy (non-hydrogen) atoms. The first-order chi connectivity index (χ1) is 12.0. The van der Waals surface area contributed by atoms with Crippen molar-refractivity contribution in [2.75, 3.05) is 17.2 Å². The Labute approximate surface area is 155 Å². The van der Waals surface area contributed by atoms with Gasteiger partial charge in [-0.1, -0.05) is 11.6 Å². The molecule has 2 N–H and O–H groups in total. The van der Waals surface area contributed by atoms with E-state index in [-0.39, 0.29) is 17.7 Å². The minimum Gasteiger partial charge on any atom is -0.492 e. The maximum atomic E-state index is 12.5. The lowest BCUT2D eigenvalue weighted by Crippen LogP contribution is -2.12. The molecular formula is C18H19ClN2O3S. The van der Waals surface area contributed by atoms with E-state index in [4.69, 9.17) is 16.3 Å². The second-order valence-corrected chi connectivity index (χ2v) is 7.38. The number of halogens is 1. The van der Waals surface area contributed by atoms with Gasteiger partial charge in [0.2, 0.25) is 5.91 Å². The predicted octanol–water partition coefficient (Wildman–Crippen LogP) is 4.71. The van der Waals surface area contributed by atoms with Gasteiger partial charge in [-0.2, -0.15) is 0 Å². The summed E-state index contributed by atoms with van der Waals surface area (Å²) in [6.45, 7) is 4.25. The minimum atomic E-state index is -0.227. The molecule has 1 aromatic carbocycles. The molecule has 1 fully saturated rings. The molecule has 2 amide bonds. The third-order valence-corrected chi connectivity index (χ3v) is 5.25. The van der Waals surface area contributed by atoms with E-state index in [0.29, 0.717) is 32.9 Å². The third kappa shape index (κ3) is 4.32. The van der Waals surface area contributed by atoms with Crippen LogP contribution < -0.4 is 15.4 Å². The summed E-state index contributed by atoms with van der Waals surface area (Å²) in [5.74, 6) is 0.520. The van der Waals surface area contributed by atoms with Crippen molar-refractivity contribution in [3.63, 3.8) is 0 Å². The first kappa shape index (κ1) is 17.8. The number of hydrogen-bond donors (Lipinski definition) is 2. The zero-order valence-electron chi connectivity index (χ0n) is 14.0. The molecule has 1 heterocycles. The van der Waals surface area contributed by atoms with Crippen molar-refractivity contribution in [2.24, 2.45) is 5.92 Å². The van der Waals surface area contributed by atoms with Crippen LogP contribution in [0.15, 0.2) is 24.3 Å². The number of amides is 2.